The van der Waals surface area contributed by atoms with Crippen LogP contribution in [0.5, 0.6) is 0 Å². The van der Waals surface area contributed by atoms with E-state index in [1.54, 1.807) is 12.1 Å². The number of halogens is 1. The Kier molecular flexibility index (Phi) is 5.07. The Morgan fingerprint density at radius 1 is 1.15 bits per heavy atom. The molecule has 0 saturated carbocycles. The van der Waals surface area contributed by atoms with Crippen LogP contribution in [0.25, 0.3) is 0 Å². The van der Waals surface area contributed by atoms with Gasteiger partial charge in [0, 0.05) is 5.69 Å². The summed E-state index contributed by atoms with van der Waals surface area (Å²) in [5.74, 6) is -0.284. The Bertz CT molecular complexity index is 572. The molecule has 20 heavy (non-hydrogen) atoms. The SMILES string of the molecule is CC[C@@H](NC(=S)Nc1cccc(F)c1)c1ccccc1. The van der Waals surface area contributed by atoms with Crippen LogP contribution in [0.1, 0.15) is 24.9 Å². The summed E-state index contributed by atoms with van der Waals surface area (Å²) < 4.78 is 13.1. The first kappa shape index (κ1) is 14.5. The lowest BCUT2D eigenvalue weighted by atomic mass is 10.1. The van der Waals surface area contributed by atoms with Crippen molar-refractivity contribution in [3.63, 3.8) is 0 Å². The summed E-state index contributed by atoms with van der Waals surface area (Å²) in [6, 6.07) is 16.5. The molecule has 2 N–H and O–H groups in total. The molecule has 0 amide bonds. The zero-order chi connectivity index (χ0) is 14.4. The summed E-state index contributed by atoms with van der Waals surface area (Å²) in [5, 5.41) is 6.74. The zero-order valence-corrected chi connectivity index (χ0v) is 12.1. The maximum atomic E-state index is 13.1. The molecule has 0 radical (unpaired) electrons. The van der Waals surface area contributed by atoms with Crippen LogP contribution in [0.15, 0.2) is 54.6 Å². The molecule has 2 nitrogen and oxygen atoms in total. The normalized spacial score (nSPS) is 11.7. The van der Waals surface area contributed by atoms with Gasteiger partial charge in [-0.2, -0.15) is 0 Å². The predicted octanol–water partition coefficient (Wildman–Crippen LogP) is 4.26. The van der Waals surface area contributed by atoms with Gasteiger partial charge in [0.15, 0.2) is 5.11 Å². The number of hydrogen-bond acceptors (Lipinski definition) is 1. The molecule has 0 spiro atoms. The zero-order valence-electron chi connectivity index (χ0n) is 11.3. The van der Waals surface area contributed by atoms with Crippen molar-refractivity contribution in [1.29, 1.82) is 0 Å². The second-order valence-electron chi connectivity index (χ2n) is 4.48. The van der Waals surface area contributed by atoms with Crippen molar-refractivity contribution in [2.75, 3.05) is 5.32 Å². The second-order valence-corrected chi connectivity index (χ2v) is 4.89. The van der Waals surface area contributed by atoms with Crippen LogP contribution in [-0.2, 0) is 0 Å². The summed E-state index contributed by atoms with van der Waals surface area (Å²) in [6.45, 7) is 2.09. The van der Waals surface area contributed by atoms with Crippen LogP contribution in [-0.4, -0.2) is 5.11 Å². The first-order chi connectivity index (χ1) is 9.69. The Labute approximate surface area is 124 Å². The number of benzene rings is 2. The third kappa shape index (κ3) is 4.03. The lowest BCUT2D eigenvalue weighted by molar-refractivity contribution is 0.626. The first-order valence-electron chi connectivity index (χ1n) is 6.57. The van der Waals surface area contributed by atoms with E-state index in [1.807, 2.05) is 18.2 Å². The Morgan fingerprint density at radius 3 is 2.55 bits per heavy atom. The quantitative estimate of drug-likeness (QED) is 0.822. The van der Waals surface area contributed by atoms with Crippen molar-refractivity contribution >= 4 is 23.0 Å². The fourth-order valence-electron chi connectivity index (χ4n) is 2.00. The Hall–Kier alpha value is -1.94. The third-order valence-electron chi connectivity index (χ3n) is 3.00. The van der Waals surface area contributed by atoms with Gasteiger partial charge in [-0.05, 0) is 42.4 Å². The van der Waals surface area contributed by atoms with Crippen molar-refractivity contribution in [1.82, 2.24) is 5.32 Å². The van der Waals surface area contributed by atoms with Gasteiger partial charge in [0.25, 0.3) is 0 Å². The highest BCUT2D eigenvalue weighted by molar-refractivity contribution is 7.80. The molecule has 0 aromatic heterocycles. The molecular formula is C16H17FN2S. The van der Waals surface area contributed by atoms with Crippen molar-refractivity contribution in [3.05, 3.63) is 66.0 Å². The molecule has 0 saturated heterocycles. The van der Waals surface area contributed by atoms with E-state index in [0.29, 0.717) is 10.8 Å². The highest BCUT2D eigenvalue weighted by atomic mass is 32.1. The van der Waals surface area contributed by atoms with Crippen LogP contribution in [0.2, 0.25) is 0 Å². The summed E-state index contributed by atoms with van der Waals surface area (Å²) >= 11 is 5.28. The number of anilines is 1. The molecule has 1 atom stereocenters. The smallest absolute Gasteiger partial charge is 0.171 e. The molecule has 4 heteroatoms. The summed E-state index contributed by atoms with van der Waals surface area (Å²) in [7, 11) is 0. The Morgan fingerprint density at radius 2 is 1.90 bits per heavy atom. The van der Waals surface area contributed by atoms with E-state index in [1.165, 1.54) is 17.7 Å². The monoisotopic (exact) mass is 288 g/mol. The average Bonchev–Trinajstić information content (AvgIpc) is 2.45. The van der Waals surface area contributed by atoms with Gasteiger partial charge in [-0.15, -0.1) is 0 Å². The third-order valence-corrected chi connectivity index (χ3v) is 3.22. The molecule has 2 aromatic carbocycles. The van der Waals surface area contributed by atoms with Gasteiger partial charge in [0.2, 0.25) is 0 Å². The maximum Gasteiger partial charge on any atom is 0.171 e. The van der Waals surface area contributed by atoms with Crippen molar-refractivity contribution in [3.8, 4) is 0 Å². The fourth-order valence-corrected chi connectivity index (χ4v) is 2.26. The van der Waals surface area contributed by atoms with Crippen LogP contribution >= 0.6 is 12.2 Å². The molecule has 2 rings (SSSR count). The number of hydrogen-bond donors (Lipinski definition) is 2. The second kappa shape index (κ2) is 7.01. The van der Waals surface area contributed by atoms with Gasteiger partial charge in [-0.3, -0.25) is 0 Å². The molecule has 0 bridgehead atoms. The Balaban J connectivity index is 2.00. The molecule has 0 aliphatic heterocycles. The van der Waals surface area contributed by atoms with Crippen molar-refractivity contribution in [2.45, 2.75) is 19.4 Å². The topological polar surface area (TPSA) is 24.1 Å². The van der Waals surface area contributed by atoms with E-state index in [-0.39, 0.29) is 11.9 Å². The van der Waals surface area contributed by atoms with Gasteiger partial charge in [-0.25, -0.2) is 4.39 Å². The largest absolute Gasteiger partial charge is 0.356 e. The lowest BCUT2D eigenvalue weighted by Gasteiger charge is -2.20. The maximum absolute atomic E-state index is 13.1. The summed E-state index contributed by atoms with van der Waals surface area (Å²) in [5.41, 5.74) is 1.82. The van der Waals surface area contributed by atoms with Crippen molar-refractivity contribution in [2.24, 2.45) is 0 Å². The highest BCUT2D eigenvalue weighted by Gasteiger charge is 2.10. The van der Waals surface area contributed by atoms with E-state index >= 15 is 0 Å². The fraction of sp³-hybridized carbons (Fsp3) is 0.188. The number of rotatable bonds is 4. The van der Waals surface area contributed by atoms with Crippen LogP contribution in [0, 0.1) is 5.82 Å². The minimum absolute atomic E-state index is 0.143. The molecule has 0 fully saturated rings. The molecule has 0 unspecified atom stereocenters. The van der Waals surface area contributed by atoms with Crippen LogP contribution in [0.4, 0.5) is 10.1 Å². The van der Waals surface area contributed by atoms with Crippen LogP contribution < -0.4 is 10.6 Å². The number of thiocarbonyl (C=S) groups is 1. The summed E-state index contributed by atoms with van der Waals surface area (Å²) in [6.07, 6.45) is 0.912. The predicted molar refractivity (Wildman–Crippen MR) is 85.2 cm³/mol. The van der Waals surface area contributed by atoms with E-state index in [4.69, 9.17) is 12.2 Å². The van der Waals surface area contributed by atoms with E-state index in [2.05, 4.69) is 29.7 Å². The average molecular weight is 288 g/mol. The molecular weight excluding hydrogens is 271 g/mol. The van der Waals surface area contributed by atoms with E-state index in [9.17, 15) is 4.39 Å². The van der Waals surface area contributed by atoms with Crippen LogP contribution in [0.3, 0.4) is 0 Å². The molecule has 0 heterocycles. The number of nitrogens with one attached hydrogen (secondary N) is 2. The standard InChI is InChI=1S/C16H17FN2S/c1-2-15(12-7-4-3-5-8-12)19-16(20)18-14-10-6-9-13(17)11-14/h3-11,15H,2H2,1H3,(H2,18,19,20)/t15-/m1/s1. The van der Waals surface area contributed by atoms with Gasteiger partial charge in [0.05, 0.1) is 6.04 Å². The molecule has 104 valence electrons. The minimum Gasteiger partial charge on any atom is -0.356 e. The van der Waals surface area contributed by atoms with Gasteiger partial charge >= 0.3 is 0 Å². The molecule has 0 aliphatic rings. The lowest BCUT2D eigenvalue weighted by Crippen LogP contribution is -2.32. The van der Waals surface area contributed by atoms with Gasteiger partial charge in [-0.1, -0.05) is 43.3 Å². The van der Waals surface area contributed by atoms with Gasteiger partial charge < -0.3 is 10.6 Å². The summed E-state index contributed by atoms with van der Waals surface area (Å²) in [4.78, 5) is 0. The molecule has 0 aliphatic carbocycles. The van der Waals surface area contributed by atoms with Crippen molar-refractivity contribution < 1.29 is 4.39 Å². The first-order valence-corrected chi connectivity index (χ1v) is 6.98. The van der Waals surface area contributed by atoms with E-state index < -0.39 is 0 Å². The van der Waals surface area contributed by atoms with E-state index in [0.717, 1.165) is 6.42 Å². The molecule has 2 aromatic rings. The minimum atomic E-state index is -0.284. The highest BCUT2D eigenvalue weighted by Crippen LogP contribution is 2.16. The van der Waals surface area contributed by atoms with Gasteiger partial charge in [0.1, 0.15) is 5.82 Å².